The molecule has 1 amide bonds. The Morgan fingerprint density at radius 2 is 2.12 bits per heavy atom. The Bertz CT molecular complexity index is 557. The summed E-state index contributed by atoms with van der Waals surface area (Å²) in [6, 6.07) is 4.74. The molecule has 134 valence electrons. The lowest BCUT2D eigenvalue weighted by molar-refractivity contribution is -0.132. The summed E-state index contributed by atoms with van der Waals surface area (Å²) >= 11 is 0. The van der Waals surface area contributed by atoms with Crippen LogP contribution in [-0.4, -0.2) is 60.7 Å². The molecule has 0 aliphatic carbocycles. The predicted octanol–water partition coefficient (Wildman–Crippen LogP) is 1.89. The predicted molar refractivity (Wildman–Crippen MR) is 90.3 cm³/mol. The van der Waals surface area contributed by atoms with Crippen molar-refractivity contribution in [1.82, 2.24) is 9.80 Å². The summed E-state index contributed by atoms with van der Waals surface area (Å²) < 4.78 is 18.6. The van der Waals surface area contributed by atoms with Gasteiger partial charge in [-0.3, -0.25) is 9.69 Å². The first-order valence-corrected chi connectivity index (χ1v) is 8.37. The zero-order valence-electron chi connectivity index (χ0n) is 14.7. The summed E-state index contributed by atoms with van der Waals surface area (Å²) in [5.41, 5.74) is 0.733. The fourth-order valence-electron chi connectivity index (χ4n) is 3.08. The number of piperidine rings is 1. The van der Waals surface area contributed by atoms with Crippen molar-refractivity contribution >= 4 is 5.91 Å². The first-order chi connectivity index (χ1) is 11.4. The fraction of sp³-hybridized carbons (Fsp3) is 0.611. The summed E-state index contributed by atoms with van der Waals surface area (Å²) in [6.07, 6.45) is 1.55. The van der Waals surface area contributed by atoms with Gasteiger partial charge in [-0.2, -0.15) is 0 Å². The molecule has 1 fully saturated rings. The largest absolute Gasteiger partial charge is 0.494 e. The molecule has 1 unspecified atom stereocenters. The molecular weight excluding hydrogens is 311 g/mol. The van der Waals surface area contributed by atoms with Crippen molar-refractivity contribution in [2.75, 3.05) is 33.8 Å². The van der Waals surface area contributed by atoms with E-state index < -0.39 is 5.82 Å². The van der Waals surface area contributed by atoms with Crippen LogP contribution in [0.25, 0.3) is 0 Å². The average Bonchev–Trinajstić information content (AvgIpc) is 2.55. The minimum absolute atomic E-state index is 0.0155. The van der Waals surface area contributed by atoms with Crippen LogP contribution in [-0.2, 0) is 11.3 Å². The van der Waals surface area contributed by atoms with Gasteiger partial charge in [0.2, 0.25) is 5.91 Å². The van der Waals surface area contributed by atoms with Gasteiger partial charge < -0.3 is 14.7 Å². The van der Waals surface area contributed by atoms with Gasteiger partial charge >= 0.3 is 0 Å². The van der Waals surface area contributed by atoms with Gasteiger partial charge in [0, 0.05) is 13.6 Å². The minimum Gasteiger partial charge on any atom is -0.494 e. The van der Waals surface area contributed by atoms with Gasteiger partial charge in [-0.15, -0.1) is 0 Å². The smallest absolute Gasteiger partial charge is 0.236 e. The molecule has 1 saturated heterocycles. The molecule has 1 heterocycles. The van der Waals surface area contributed by atoms with Gasteiger partial charge in [-0.1, -0.05) is 6.07 Å². The maximum absolute atomic E-state index is 13.7. The van der Waals surface area contributed by atoms with Crippen molar-refractivity contribution in [3.63, 3.8) is 0 Å². The Balaban J connectivity index is 1.83. The first-order valence-electron chi connectivity index (χ1n) is 8.37. The van der Waals surface area contributed by atoms with Gasteiger partial charge in [0.1, 0.15) is 0 Å². The van der Waals surface area contributed by atoms with Crippen LogP contribution in [0.5, 0.6) is 5.75 Å². The first kappa shape index (κ1) is 18.7. The quantitative estimate of drug-likeness (QED) is 0.861. The molecule has 0 spiro atoms. The lowest BCUT2D eigenvalue weighted by Gasteiger charge is -2.33. The molecule has 5 nitrogen and oxygen atoms in total. The zero-order valence-corrected chi connectivity index (χ0v) is 14.7. The van der Waals surface area contributed by atoms with E-state index >= 15 is 0 Å². The third-order valence-corrected chi connectivity index (χ3v) is 4.74. The molecule has 0 saturated carbocycles. The number of hydrogen-bond acceptors (Lipinski definition) is 4. The molecule has 1 aliphatic heterocycles. The molecule has 0 aromatic heterocycles. The van der Waals surface area contributed by atoms with E-state index in [9.17, 15) is 14.3 Å². The van der Waals surface area contributed by atoms with Crippen LogP contribution in [0, 0.1) is 11.7 Å². The highest BCUT2D eigenvalue weighted by Crippen LogP contribution is 2.21. The Kier molecular flexibility index (Phi) is 6.57. The Morgan fingerprint density at radius 3 is 2.67 bits per heavy atom. The SMILES string of the molecule is COc1ccc(CN(C)C(=O)CN2CCC(C(C)O)CC2)cc1F. The number of rotatable bonds is 6. The molecule has 1 atom stereocenters. The van der Waals surface area contributed by atoms with E-state index in [-0.39, 0.29) is 17.8 Å². The molecular formula is C18H27FN2O3. The Hall–Kier alpha value is -1.66. The molecule has 1 aromatic rings. The van der Waals surface area contributed by atoms with Gasteiger partial charge in [0.25, 0.3) is 0 Å². The van der Waals surface area contributed by atoms with Crippen molar-refractivity contribution < 1.29 is 19.0 Å². The van der Waals surface area contributed by atoms with Crippen LogP contribution in [0.4, 0.5) is 4.39 Å². The summed E-state index contributed by atoms with van der Waals surface area (Å²) in [5.74, 6) is 0.128. The third kappa shape index (κ3) is 4.92. The Labute approximate surface area is 143 Å². The molecule has 2 rings (SSSR count). The lowest BCUT2D eigenvalue weighted by atomic mass is 9.92. The number of carbonyl (C=O) groups excluding carboxylic acids is 1. The third-order valence-electron chi connectivity index (χ3n) is 4.74. The maximum atomic E-state index is 13.7. The Morgan fingerprint density at radius 1 is 1.46 bits per heavy atom. The van der Waals surface area contributed by atoms with Crippen molar-refractivity contribution in [3.8, 4) is 5.75 Å². The normalized spacial score (nSPS) is 17.5. The monoisotopic (exact) mass is 338 g/mol. The zero-order chi connectivity index (χ0) is 17.7. The number of nitrogens with zero attached hydrogens (tertiary/aromatic N) is 2. The minimum atomic E-state index is -0.420. The molecule has 1 aromatic carbocycles. The van der Waals surface area contributed by atoms with E-state index in [1.807, 2.05) is 6.92 Å². The molecule has 1 aliphatic rings. The number of ether oxygens (including phenoxy) is 1. The molecule has 0 radical (unpaired) electrons. The van der Waals surface area contributed by atoms with Crippen LogP contribution < -0.4 is 4.74 Å². The number of likely N-dealkylation sites (tertiary alicyclic amines) is 1. The number of carbonyl (C=O) groups is 1. The molecule has 24 heavy (non-hydrogen) atoms. The number of halogens is 1. The fourth-order valence-corrected chi connectivity index (χ4v) is 3.08. The van der Waals surface area contributed by atoms with Crippen molar-refractivity contribution in [2.45, 2.75) is 32.4 Å². The highest BCUT2D eigenvalue weighted by atomic mass is 19.1. The average molecular weight is 338 g/mol. The topological polar surface area (TPSA) is 53.0 Å². The highest BCUT2D eigenvalue weighted by Gasteiger charge is 2.24. The summed E-state index contributed by atoms with van der Waals surface area (Å²) in [4.78, 5) is 16.1. The van der Waals surface area contributed by atoms with Crippen LogP contribution in [0.15, 0.2) is 18.2 Å². The standard InChI is InChI=1S/C18H27FN2O3/c1-13(22)15-6-8-21(9-7-15)12-18(23)20(2)11-14-4-5-17(24-3)16(19)10-14/h4-5,10,13,15,22H,6-9,11-12H2,1-3H3. The van der Waals surface area contributed by atoms with Crippen molar-refractivity contribution in [3.05, 3.63) is 29.6 Å². The lowest BCUT2D eigenvalue weighted by Crippen LogP contribution is -2.43. The van der Waals surface area contributed by atoms with Gasteiger partial charge in [0.05, 0.1) is 19.8 Å². The van der Waals surface area contributed by atoms with E-state index in [1.165, 1.54) is 13.2 Å². The summed E-state index contributed by atoms with van der Waals surface area (Å²) in [6.45, 7) is 4.21. The number of aliphatic hydroxyl groups is 1. The number of methoxy groups -OCH3 is 1. The number of benzene rings is 1. The van der Waals surface area contributed by atoms with Crippen LogP contribution in [0.3, 0.4) is 0 Å². The maximum Gasteiger partial charge on any atom is 0.236 e. The summed E-state index contributed by atoms with van der Waals surface area (Å²) in [7, 11) is 3.15. The van der Waals surface area contributed by atoms with Gasteiger partial charge in [0.15, 0.2) is 11.6 Å². The molecule has 6 heteroatoms. The summed E-state index contributed by atoms with van der Waals surface area (Å²) in [5, 5.41) is 9.62. The van der Waals surface area contributed by atoms with E-state index in [4.69, 9.17) is 4.74 Å². The number of aliphatic hydroxyl groups excluding tert-OH is 1. The van der Waals surface area contributed by atoms with E-state index in [0.29, 0.717) is 19.0 Å². The van der Waals surface area contributed by atoms with Crippen LogP contribution >= 0.6 is 0 Å². The molecule has 0 bridgehead atoms. The number of likely N-dealkylation sites (N-methyl/N-ethyl adjacent to an activating group) is 1. The van der Waals surface area contributed by atoms with Crippen LogP contribution in [0.2, 0.25) is 0 Å². The van der Waals surface area contributed by atoms with E-state index in [0.717, 1.165) is 31.5 Å². The highest BCUT2D eigenvalue weighted by molar-refractivity contribution is 5.78. The van der Waals surface area contributed by atoms with Crippen molar-refractivity contribution in [1.29, 1.82) is 0 Å². The molecule has 1 N–H and O–H groups in total. The second-order valence-corrected chi connectivity index (χ2v) is 6.57. The second kappa shape index (κ2) is 8.44. The van der Waals surface area contributed by atoms with Crippen LogP contribution in [0.1, 0.15) is 25.3 Å². The van der Waals surface area contributed by atoms with Gasteiger partial charge in [-0.25, -0.2) is 4.39 Å². The number of hydrogen-bond donors (Lipinski definition) is 1. The number of amides is 1. The van der Waals surface area contributed by atoms with Crippen molar-refractivity contribution in [2.24, 2.45) is 5.92 Å². The second-order valence-electron chi connectivity index (χ2n) is 6.57. The van der Waals surface area contributed by atoms with E-state index in [1.54, 1.807) is 24.1 Å². The van der Waals surface area contributed by atoms with Gasteiger partial charge in [-0.05, 0) is 56.5 Å². The van der Waals surface area contributed by atoms with E-state index in [2.05, 4.69) is 4.90 Å².